The summed E-state index contributed by atoms with van der Waals surface area (Å²) in [5, 5.41) is 6.20. The molecule has 1 aliphatic rings. The first-order valence-electron chi connectivity index (χ1n) is 8.71. The van der Waals surface area contributed by atoms with Gasteiger partial charge in [-0.2, -0.15) is 0 Å². The van der Waals surface area contributed by atoms with Gasteiger partial charge in [0.25, 0.3) is 5.91 Å². The van der Waals surface area contributed by atoms with E-state index in [2.05, 4.69) is 42.5 Å². The maximum absolute atomic E-state index is 12.4. The summed E-state index contributed by atoms with van der Waals surface area (Å²) in [6.45, 7) is 3.58. The monoisotopic (exact) mass is 343 g/mol. The van der Waals surface area contributed by atoms with Crippen LogP contribution in [0.4, 0.5) is 5.82 Å². The highest BCUT2D eigenvalue weighted by molar-refractivity contribution is 5.96. The number of hydrogen-bond acceptors (Lipinski definition) is 6. The van der Waals surface area contributed by atoms with Crippen LogP contribution in [0.15, 0.2) is 24.9 Å². The fraction of sp³-hybridized carbons (Fsp3) is 0.529. The van der Waals surface area contributed by atoms with Crippen LogP contribution in [0, 0.1) is 5.92 Å². The van der Waals surface area contributed by atoms with E-state index in [4.69, 9.17) is 0 Å². The van der Waals surface area contributed by atoms with Crippen LogP contribution in [0.25, 0.3) is 0 Å². The molecule has 25 heavy (non-hydrogen) atoms. The molecule has 8 nitrogen and oxygen atoms in total. The highest BCUT2D eigenvalue weighted by Gasteiger charge is 2.18. The number of piperidine rings is 1. The van der Waals surface area contributed by atoms with Crippen LogP contribution in [0.1, 0.15) is 29.0 Å². The summed E-state index contributed by atoms with van der Waals surface area (Å²) in [5.41, 5.74) is 1.33. The highest BCUT2D eigenvalue weighted by Crippen LogP contribution is 2.17. The SMILES string of the molecule is CN1CCC(CNc2nccnc2C(=O)NCCc2cnc[nH]2)CC1. The zero-order valence-electron chi connectivity index (χ0n) is 14.5. The Labute approximate surface area is 147 Å². The molecule has 3 N–H and O–H groups in total. The topological polar surface area (TPSA) is 98.8 Å². The van der Waals surface area contributed by atoms with Gasteiger partial charge in [-0.25, -0.2) is 15.0 Å². The number of carbonyl (C=O) groups excluding carboxylic acids is 1. The lowest BCUT2D eigenvalue weighted by atomic mass is 9.97. The summed E-state index contributed by atoms with van der Waals surface area (Å²) in [7, 11) is 2.15. The Morgan fingerprint density at radius 2 is 2.12 bits per heavy atom. The average molecular weight is 343 g/mol. The Bertz CT molecular complexity index is 665. The molecular formula is C17H25N7O. The molecule has 0 unspecified atom stereocenters. The summed E-state index contributed by atoms with van der Waals surface area (Å²) in [4.78, 5) is 30.2. The number of likely N-dealkylation sites (tertiary alicyclic amines) is 1. The van der Waals surface area contributed by atoms with Crippen molar-refractivity contribution in [3.8, 4) is 0 Å². The molecule has 1 amide bonds. The molecule has 0 aliphatic carbocycles. The van der Waals surface area contributed by atoms with Gasteiger partial charge in [0.2, 0.25) is 0 Å². The lowest BCUT2D eigenvalue weighted by molar-refractivity contribution is 0.0949. The number of nitrogens with zero attached hydrogens (tertiary/aromatic N) is 4. The number of imidazole rings is 1. The van der Waals surface area contributed by atoms with Crippen LogP contribution < -0.4 is 10.6 Å². The minimum absolute atomic E-state index is 0.210. The maximum Gasteiger partial charge on any atom is 0.273 e. The normalized spacial score (nSPS) is 15.9. The molecule has 8 heteroatoms. The second kappa shape index (κ2) is 8.57. The number of carbonyl (C=O) groups is 1. The minimum Gasteiger partial charge on any atom is -0.368 e. The summed E-state index contributed by atoms with van der Waals surface area (Å²) in [6.07, 6.45) is 9.56. The van der Waals surface area contributed by atoms with Crippen LogP contribution in [-0.2, 0) is 6.42 Å². The lowest BCUT2D eigenvalue weighted by Crippen LogP contribution is -2.33. The molecular weight excluding hydrogens is 318 g/mol. The molecule has 0 atom stereocenters. The maximum atomic E-state index is 12.4. The van der Waals surface area contributed by atoms with E-state index in [0.29, 0.717) is 30.4 Å². The molecule has 2 aromatic rings. The minimum atomic E-state index is -0.210. The van der Waals surface area contributed by atoms with E-state index < -0.39 is 0 Å². The Morgan fingerprint density at radius 1 is 1.32 bits per heavy atom. The second-order valence-corrected chi connectivity index (χ2v) is 6.46. The van der Waals surface area contributed by atoms with E-state index >= 15 is 0 Å². The van der Waals surface area contributed by atoms with Gasteiger partial charge in [-0.3, -0.25) is 4.79 Å². The average Bonchev–Trinajstić information content (AvgIpc) is 3.15. The van der Waals surface area contributed by atoms with E-state index in [-0.39, 0.29) is 5.91 Å². The van der Waals surface area contributed by atoms with Crippen LogP contribution in [0.5, 0.6) is 0 Å². The van der Waals surface area contributed by atoms with Crippen LogP contribution in [0.2, 0.25) is 0 Å². The van der Waals surface area contributed by atoms with Crippen molar-refractivity contribution in [2.45, 2.75) is 19.3 Å². The molecule has 134 valence electrons. The number of amides is 1. The summed E-state index contributed by atoms with van der Waals surface area (Å²) >= 11 is 0. The third kappa shape index (κ3) is 4.99. The van der Waals surface area contributed by atoms with Gasteiger partial charge in [0, 0.05) is 43.8 Å². The van der Waals surface area contributed by atoms with E-state index in [1.807, 2.05) is 0 Å². The number of hydrogen-bond donors (Lipinski definition) is 3. The van der Waals surface area contributed by atoms with Crippen molar-refractivity contribution in [1.82, 2.24) is 30.2 Å². The number of aromatic nitrogens is 4. The Balaban J connectivity index is 1.51. The molecule has 1 fully saturated rings. The number of aromatic amines is 1. The van der Waals surface area contributed by atoms with Gasteiger partial charge < -0.3 is 20.5 Å². The Morgan fingerprint density at radius 3 is 2.88 bits per heavy atom. The first kappa shape index (κ1) is 17.3. The molecule has 3 rings (SSSR count). The largest absolute Gasteiger partial charge is 0.368 e. The fourth-order valence-corrected chi connectivity index (χ4v) is 2.96. The third-order valence-corrected chi connectivity index (χ3v) is 4.54. The van der Waals surface area contributed by atoms with Crippen molar-refractivity contribution in [2.75, 3.05) is 38.5 Å². The van der Waals surface area contributed by atoms with E-state index in [9.17, 15) is 4.79 Å². The third-order valence-electron chi connectivity index (χ3n) is 4.54. The lowest BCUT2D eigenvalue weighted by Gasteiger charge is -2.29. The van der Waals surface area contributed by atoms with Gasteiger partial charge in [-0.1, -0.05) is 0 Å². The number of rotatable bonds is 7. The zero-order chi connectivity index (χ0) is 17.5. The van der Waals surface area contributed by atoms with Crippen molar-refractivity contribution in [1.29, 1.82) is 0 Å². The van der Waals surface area contributed by atoms with Gasteiger partial charge in [-0.15, -0.1) is 0 Å². The first-order valence-corrected chi connectivity index (χ1v) is 8.71. The molecule has 0 radical (unpaired) electrons. The molecule has 1 saturated heterocycles. The van der Waals surface area contributed by atoms with E-state index in [1.54, 1.807) is 24.9 Å². The Kier molecular flexibility index (Phi) is 5.95. The fourth-order valence-electron chi connectivity index (χ4n) is 2.96. The van der Waals surface area contributed by atoms with Crippen molar-refractivity contribution >= 4 is 11.7 Å². The molecule has 0 aromatic carbocycles. The van der Waals surface area contributed by atoms with Crippen molar-refractivity contribution in [3.05, 3.63) is 36.3 Å². The van der Waals surface area contributed by atoms with Gasteiger partial charge in [0.1, 0.15) is 0 Å². The molecule has 1 aliphatic heterocycles. The summed E-state index contributed by atoms with van der Waals surface area (Å²) < 4.78 is 0. The molecule has 0 spiro atoms. The first-order chi connectivity index (χ1) is 12.2. The van der Waals surface area contributed by atoms with E-state index in [1.165, 1.54) is 0 Å². The highest BCUT2D eigenvalue weighted by atomic mass is 16.1. The number of H-pyrrole nitrogens is 1. The standard InChI is InChI=1S/C17H25N7O/c1-24-8-3-13(4-9-24)10-22-16-15(19-6-7-20-16)17(25)21-5-2-14-11-18-12-23-14/h6-7,11-13H,2-5,8-10H2,1H3,(H,18,23)(H,20,22)(H,21,25). The molecule has 2 aromatic heterocycles. The number of nitrogens with one attached hydrogen (secondary N) is 3. The predicted octanol–water partition coefficient (Wildman–Crippen LogP) is 0.926. The van der Waals surface area contributed by atoms with Crippen LogP contribution >= 0.6 is 0 Å². The van der Waals surface area contributed by atoms with Gasteiger partial charge in [-0.05, 0) is 38.9 Å². The van der Waals surface area contributed by atoms with Crippen LogP contribution in [-0.4, -0.2) is 64.0 Å². The van der Waals surface area contributed by atoms with Crippen LogP contribution in [0.3, 0.4) is 0 Å². The summed E-state index contributed by atoms with van der Waals surface area (Å²) in [5.74, 6) is 0.952. The molecule has 0 saturated carbocycles. The van der Waals surface area contributed by atoms with Gasteiger partial charge in [0.15, 0.2) is 11.5 Å². The zero-order valence-corrected chi connectivity index (χ0v) is 14.5. The van der Waals surface area contributed by atoms with E-state index in [0.717, 1.165) is 38.2 Å². The molecule has 3 heterocycles. The second-order valence-electron chi connectivity index (χ2n) is 6.46. The van der Waals surface area contributed by atoms with Crippen molar-refractivity contribution in [2.24, 2.45) is 5.92 Å². The van der Waals surface area contributed by atoms with Gasteiger partial charge in [0.05, 0.1) is 6.33 Å². The van der Waals surface area contributed by atoms with Crippen molar-refractivity contribution in [3.63, 3.8) is 0 Å². The molecule has 0 bridgehead atoms. The Hall–Kier alpha value is -2.48. The predicted molar refractivity (Wildman–Crippen MR) is 95.4 cm³/mol. The number of anilines is 1. The summed E-state index contributed by atoms with van der Waals surface area (Å²) in [6, 6.07) is 0. The van der Waals surface area contributed by atoms with Gasteiger partial charge >= 0.3 is 0 Å². The smallest absolute Gasteiger partial charge is 0.273 e. The quantitative estimate of drug-likeness (QED) is 0.692. The van der Waals surface area contributed by atoms with Crippen molar-refractivity contribution < 1.29 is 4.79 Å².